The van der Waals surface area contributed by atoms with Crippen molar-refractivity contribution in [2.24, 2.45) is 0 Å². The normalized spacial score (nSPS) is 21.6. The largest absolute Gasteiger partial charge is 0.372 e. The van der Waals surface area contributed by atoms with E-state index in [1.807, 2.05) is 6.19 Å². The van der Waals surface area contributed by atoms with Crippen molar-refractivity contribution in [1.29, 1.82) is 5.26 Å². The van der Waals surface area contributed by atoms with E-state index in [1.54, 1.807) is 30.3 Å². The van der Waals surface area contributed by atoms with Crippen LogP contribution in [0, 0.1) is 17.3 Å². The molecule has 49 heavy (non-hydrogen) atoms. The quantitative estimate of drug-likeness (QED) is 0.170. The molecule has 17 heteroatoms. The second-order valence-corrected chi connectivity index (χ2v) is 14.5. The van der Waals surface area contributed by atoms with Crippen molar-refractivity contribution in [1.82, 2.24) is 15.2 Å². The van der Waals surface area contributed by atoms with E-state index < -0.39 is 81.4 Å². The Morgan fingerprint density at radius 1 is 1.04 bits per heavy atom. The van der Waals surface area contributed by atoms with Gasteiger partial charge in [0.25, 0.3) is 5.91 Å². The van der Waals surface area contributed by atoms with E-state index in [1.165, 1.54) is 0 Å². The Morgan fingerprint density at radius 2 is 1.69 bits per heavy atom. The maximum absolute atomic E-state index is 14.5. The number of anilines is 1. The van der Waals surface area contributed by atoms with Crippen LogP contribution in [0.25, 0.3) is 0 Å². The first-order valence-electron chi connectivity index (χ1n) is 15.1. The fraction of sp³-hybridized carbons (Fsp3) is 0.375. The Kier molecular flexibility index (Phi) is 9.36. The zero-order chi connectivity index (χ0) is 35.7. The molecule has 2 fully saturated rings. The minimum absolute atomic E-state index is 0.0572. The summed E-state index contributed by atoms with van der Waals surface area (Å²) in [6, 6.07) is 7.00. The first kappa shape index (κ1) is 35.9. The maximum atomic E-state index is 14.5. The van der Waals surface area contributed by atoms with Crippen molar-refractivity contribution in [3.05, 3.63) is 90.0 Å². The summed E-state index contributed by atoms with van der Waals surface area (Å²) < 4.78 is 116. The molecule has 3 aromatic rings. The monoisotopic (exact) mass is 717 g/mol. The van der Waals surface area contributed by atoms with E-state index >= 15 is 0 Å². The zero-order valence-electron chi connectivity index (χ0n) is 25.6. The fourth-order valence-corrected chi connectivity index (χ4v) is 6.59. The molecule has 0 spiro atoms. The third kappa shape index (κ3) is 8.79. The highest BCUT2D eigenvalue weighted by Gasteiger charge is 2.65. The highest BCUT2D eigenvalue weighted by atomic mass is 32.5. The number of hydrogen-bond acceptors (Lipinski definition) is 6. The molecule has 8 nitrogen and oxygen atoms in total. The van der Waals surface area contributed by atoms with Crippen LogP contribution in [0.1, 0.15) is 49.3 Å². The van der Waals surface area contributed by atoms with E-state index in [2.05, 4.69) is 10.3 Å². The number of carbonyl (C=O) groups is 2. The minimum atomic E-state index is -10.2. The van der Waals surface area contributed by atoms with Crippen molar-refractivity contribution >= 4 is 27.7 Å². The second-order valence-electron chi connectivity index (χ2n) is 12.1. The third-order valence-electron chi connectivity index (χ3n) is 8.41. The predicted molar refractivity (Wildman–Crippen MR) is 163 cm³/mol. The van der Waals surface area contributed by atoms with Gasteiger partial charge in [-0.25, -0.2) is 13.2 Å². The number of amides is 2. The van der Waals surface area contributed by atoms with Crippen LogP contribution in [-0.2, 0) is 20.9 Å². The fourth-order valence-electron chi connectivity index (χ4n) is 5.94. The molecule has 1 aliphatic heterocycles. The van der Waals surface area contributed by atoms with Gasteiger partial charge in [-0.2, -0.15) is 5.26 Å². The summed E-state index contributed by atoms with van der Waals surface area (Å²) in [5.41, 5.74) is 0.0613. The smallest absolute Gasteiger partial charge is 0.310 e. The summed E-state index contributed by atoms with van der Waals surface area (Å²) in [4.78, 5) is 31.6. The molecule has 2 heterocycles. The molecule has 2 aromatic carbocycles. The van der Waals surface area contributed by atoms with Gasteiger partial charge in [-0.05, 0) is 48.7 Å². The van der Waals surface area contributed by atoms with Crippen LogP contribution in [0.3, 0.4) is 0 Å². The van der Waals surface area contributed by atoms with Gasteiger partial charge in [0.1, 0.15) is 22.8 Å². The molecule has 5 rings (SSSR count). The van der Waals surface area contributed by atoms with Crippen molar-refractivity contribution in [3.8, 4) is 6.19 Å². The van der Waals surface area contributed by atoms with Crippen molar-refractivity contribution in [2.75, 3.05) is 11.4 Å². The average Bonchev–Trinajstić information content (AvgIpc) is 3.46. The lowest BCUT2D eigenvalue weighted by molar-refractivity contribution is -0.129. The third-order valence-corrected chi connectivity index (χ3v) is 9.58. The molecular formula is C32H31F8N5O3S. The molecule has 1 saturated carbocycles. The molecular weight excluding hydrogens is 686 g/mol. The van der Waals surface area contributed by atoms with Gasteiger partial charge in [0, 0.05) is 42.8 Å². The molecule has 2 amide bonds. The van der Waals surface area contributed by atoms with Gasteiger partial charge < -0.3 is 10.1 Å². The van der Waals surface area contributed by atoms with Crippen molar-refractivity contribution in [2.45, 2.75) is 73.8 Å². The van der Waals surface area contributed by atoms with E-state index in [9.17, 15) is 47.5 Å². The van der Waals surface area contributed by atoms with Gasteiger partial charge in [-0.1, -0.05) is 49.8 Å². The predicted octanol–water partition coefficient (Wildman–Crippen LogP) is 7.79. The molecule has 1 aliphatic carbocycles. The number of benzene rings is 2. The van der Waals surface area contributed by atoms with Crippen LogP contribution in [0.4, 0.5) is 38.3 Å². The lowest BCUT2D eigenvalue weighted by atomic mass is 9.91. The number of carbonyl (C=O) groups excluding carboxylic acids is 2. The van der Waals surface area contributed by atoms with Gasteiger partial charge in [0.05, 0.1) is 25.5 Å². The summed E-state index contributed by atoms with van der Waals surface area (Å²) >= 11 is 0. The summed E-state index contributed by atoms with van der Waals surface area (Å²) in [7, 11) is -10.2. The molecule has 1 aromatic heterocycles. The van der Waals surface area contributed by atoms with Gasteiger partial charge in [0.15, 0.2) is 6.19 Å². The Hall–Kier alpha value is -4.43. The molecule has 264 valence electrons. The lowest BCUT2D eigenvalue weighted by Crippen LogP contribution is -2.52. The van der Waals surface area contributed by atoms with Gasteiger partial charge in [-0.15, -0.1) is 0 Å². The number of nitriles is 1. The number of alkyl halides is 2. The van der Waals surface area contributed by atoms with Crippen LogP contribution >= 0.6 is 10.2 Å². The maximum Gasteiger partial charge on any atom is 0.310 e. The number of aromatic nitrogens is 1. The van der Waals surface area contributed by atoms with E-state index in [0.29, 0.717) is 17.0 Å². The molecule has 1 unspecified atom stereocenters. The summed E-state index contributed by atoms with van der Waals surface area (Å²) in [5.74, 6) is -5.95. The van der Waals surface area contributed by atoms with Crippen LogP contribution in [0.15, 0.2) is 78.0 Å². The Morgan fingerprint density at radius 3 is 2.29 bits per heavy atom. The molecule has 1 saturated heterocycles. The average molecular weight is 718 g/mol. The van der Waals surface area contributed by atoms with E-state index in [-0.39, 0.29) is 50.1 Å². The SMILES string of the molecule is N#CN1C[C@@H](OCc2ccccc2)C[C@@H]1C(=O)N(c1ccc(S(F)(F)(F)(F)F)cc1)C(C(=O)NC1CCC(F)(F)CC1)c1cncc(F)c1. The van der Waals surface area contributed by atoms with Crippen LogP contribution in [0.5, 0.6) is 0 Å². The van der Waals surface area contributed by atoms with Gasteiger partial charge >= 0.3 is 10.2 Å². The standard InChI is InChI=1S/C32H31F8N5O3S/c33-23-14-22(16-42-17-23)29(30(46)43-24-10-12-32(34,35)13-11-24)45(25-6-8-27(9-7-25)49(36,37,38,39)40)31(47)28-15-26(18-44(28)20-41)48-19-21-4-2-1-3-5-21/h1-9,14,16-17,24,26,28-29H,10-13,15,18-19H2,(H,43,46)/t26-,28+,29?/m0/s1. The first-order valence-corrected chi connectivity index (χ1v) is 17.1. The molecule has 3 atom stereocenters. The number of halogens is 8. The van der Waals surface area contributed by atoms with E-state index in [4.69, 9.17) is 4.74 Å². The number of likely N-dealkylation sites (tertiary alicyclic amines) is 1. The number of ether oxygens (including phenoxy) is 1. The lowest BCUT2D eigenvalue weighted by Gasteiger charge is -2.41. The number of nitrogens with one attached hydrogen (secondary N) is 1. The summed E-state index contributed by atoms with van der Waals surface area (Å²) in [6.07, 6.45) is 1.48. The minimum Gasteiger partial charge on any atom is -0.372 e. The number of rotatable bonds is 10. The topological polar surface area (TPSA) is 98.6 Å². The number of pyridine rings is 1. The number of nitrogens with zero attached hydrogens (tertiary/aromatic N) is 4. The molecule has 0 bridgehead atoms. The van der Waals surface area contributed by atoms with E-state index in [0.717, 1.165) is 28.9 Å². The van der Waals surface area contributed by atoms with Gasteiger partial charge in [-0.3, -0.25) is 24.4 Å². The Bertz CT molecular complexity index is 1720. The highest BCUT2D eigenvalue weighted by Crippen LogP contribution is 3.02. The Balaban J connectivity index is 1.54. The molecule has 1 N–H and O–H groups in total. The van der Waals surface area contributed by atoms with Gasteiger partial charge in [0.2, 0.25) is 11.8 Å². The highest BCUT2D eigenvalue weighted by molar-refractivity contribution is 8.45. The molecule has 2 aliphatic rings. The number of hydrogen-bond donors (Lipinski definition) is 1. The van der Waals surface area contributed by atoms with Crippen LogP contribution < -0.4 is 10.2 Å². The van der Waals surface area contributed by atoms with Crippen molar-refractivity contribution in [3.63, 3.8) is 0 Å². The molecule has 0 radical (unpaired) electrons. The first-order chi connectivity index (χ1) is 22.8. The zero-order valence-corrected chi connectivity index (χ0v) is 26.4. The van der Waals surface area contributed by atoms with Crippen molar-refractivity contribution < 1.29 is 46.9 Å². The Labute approximate surface area is 276 Å². The second kappa shape index (κ2) is 12.8. The van der Waals surface area contributed by atoms with Crippen LogP contribution in [0.2, 0.25) is 0 Å². The summed E-state index contributed by atoms with van der Waals surface area (Å²) in [6.45, 7) is 0.0388. The van der Waals surface area contributed by atoms with Crippen LogP contribution in [-0.4, -0.2) is 52.4 Å². The summed E-state index contributed by atoms with van der Waals surface area (Å²) in [5, 5.41) is 12.5.